The molecular weight excluding hydrogens is 368 g/mol. The molecule has 0 aliphatic carbocycles. The summed E-state index contributed by atoms with van der Waals surface area (Å²) >= 11 is 0. The van der Waals surface area contributed by atoms with Crippen molar-refractivity contribution >= 4 is 17.8 Å². The van der Waals surface area contributed by atoms with Gasteiger partial charge >= 0.3 is 5.97 Å². The van der Waals surface area contributed by atoms with Gasteiger partial charge in [-0.05, 0) is 36.8 Å². The van der Waals surface area contributed by atoms with Gasteiger partial charge in [-0.2, -0.15) is 0 Å². The van der Waals surface area contributed by atoms with Crippen molar-refractivity contribution in [2.75, 3.05) is 20.8 Å². The van der Waals surface area contributed by atoms with Crippen molar-refractivity contribution in [1.29, 1.82) is 0 Å². The van der Waals surface area contributed by atoms with Crippen LogP contribution in [0.1, 0.15) is 23.0 Å². The van der Waals surface area contributed by atoms with Crippen LogP contribution < -0.4 is 20.1 Å². The van der Waals surface area contributed by atoms with E-state index >= 15 is 0 Å². The van der Waals surface area contributed by atoms with Crippen LogP contribution in [0.2, 0.25) is 0 Å². The lowest BCUT2D eigenvalue weighted by molar-refractivity contribution is -0.150. The van der Waals surface area contributed by atoms with Crippen LogP contribution >= 0.6 is 0 Å². The van der Waals surface area contributed by atoms with E-state index in [1.807, 2.05) is 0 Å². The van der Waals surface area contributed by atoms with Gasteiger partial charge in [-0.1, -0.05) is 6.07 Å². The van der Waals surface area contributed by atoms with Gasteiger partial charge in [0.05, 0.1) is 20.5 Å². The predicted octanol–water partition coefficient (Wildman–Crippen LogP) is 1.27. The number of methoxy groups -OCH3 is 2. The highest BCUT2D eigenvalue weighted by atomic mass is 16.5. The Hall–Kier alpha value is -3.49. The molecule has 1 atom stereocenters. The van der Waals surface area contributed by atoms with Crippen molar-refractivity contribution in [3.63, 3.8) is 0 Å². The molecule has 150 valence electrons. The minimum Gasteiger partial charge on any atom is -0.493 e. The molecule has 0 radical (unpaired) electrons. The predicted molar refractivity (Wildman–Crippen MR) is 98.0 cm³/mol. The van der Waals surface area contributed by atoms with E-state index in [0.717, 1.165) is 5.56 Å². The van der Waals surface area contributed by atoms with Crippen molar-refractivity contribution in [3.8, 4) is 11.5 Å². The quantitative estimate of drug-likeness (QED) is 0.620. The fourth-order valence-electron chi connectivity index (χ4n) is 2.24. The van der Waals surface area contributed by atoms with E-state index in [9.17, 15) is 14.4 Å². The van der Waals surface area contributed by atoms with E-state index in [1.54, 1.807) is 24.3 Å². The molecule has 0 aliphatic rings. The number of carbonyl (C=O) groups excluding carboxylic acids is 3. The number of carbonyl (C=O) groups is 3. The lowest BCUT2D eigenvalue weighted by atomic mass is 10.2. The molecule has 9 nitrogen and oxygen atoms in total. The number of furan rings is 1. The lowest BCUT2D eigenvalue weighted by Crippen LogP contribution is -2.40. The van der Waals surface area contributed by atoms with Crippen LogP contribution in [0.5, 0.6) is 11.5 Å². The van der Waals surface area contributed by atoms with Gasteiger partial charge in [0.1, 0.15) is 6.04 Å². The smallest absolute Gasteiger partial charge is 0.328 e. The Morgan fingerprint density at radius 1 is 1.11 bits per heavy atom. The Morgan fingerprint density at radius 2 is 1.86 bits per heavy atom. The third-order valence-corrected chi connectivity index (χ3v) is 3.73. The number of ether oxygens (including phenoxy) is 3. The first kappa shape index (κ1) is 20.8. The van der Waals surface area contributed by atoms with Crippen LogP contribution in [0.3, 0.4) is 0 Å². The van der Waals surface area contributed by atoms with Crippen molar-refractivity contribution in [1.82, 2.24) is 10.6 Å². The van der Waals surface area contributed by atoms with Gasteiger partial charge in [-0.3, -0.25) is 9.59 Å². The zero-order valence-electron chi connectivity index (χ0n) is 15.8. The van der Waals surface area contributed by atoms with E-state index in [0.29, 0.717) is 11.5 Å². The molecule has 2 amide bonds. The second kappa shape index (κ2) is 10.0. The molecule has 0 aliphatic heterocycles. The third-order valence-electron chi connectivity index (χ3n) is 3.73. The number of amides is 2. The summed E-state index contributed by atoms with van der Waals surface area (Å²) in [6.45, 7) is 1.21. The zero-order valence-corrected chi connectivity index (χ0v) is 15.8. The molecule has 28 heavy (non-hydrogen) atoms. The highest BCUT2D eigenvalue weighted by Gasteiger charge is 2.20. The monoisotopic (exact) mass is 390 g/mol. The minimum absolute atomic E-state index is 0.0762. The molecule has 0 unspecified atom stereocenters. The molecule has 0 fully saturated rings. The van der Waals surface area contributed by atoms with Gasteiger partial charge in [0.2, 0.25) is 0 Å². The molecule has 0 saturated carbocycles. The Labute approximate surface area is 161 Å². The topological polar surface area (TPSA) is 116 Å². The summed E-state index contributed by atoms with van der Waals surface area (Å²) in [6.07, 6.45) is 1.35. The molecule has 9 heteroatoms. The maximum absolute atomic E-state index is 11.9. The average Bonchev–Trinajstić information content (AvgIpc) is 3.25. The molecule has 2 aromatic rings. The van der Waals surface area contributed by atoms with E-state index in [4.69, 9.17) is 18.6 Å². The first-order chi connectivity index (χ1) is 13.4. The molecule has 2 N–H and O–H groups in total. The van der Waals surface area contributed by atoms with Gasteiger partial charge in [0, 0.05) is 6.54 Å². The number of hydrogen-bond acceptors (Lipinski definition) is 7. The fraction of sp³-hybridized carbons (Fsp3) is 0.316. The minimum atomic E-state index is -0.934. The zero-order chi connectivity index (χ0) is 20.5. The molecule has 1 aromatic carbocycles. The second-order valence-corrected chi connectivity index (χ2v) is 5.75. The van der Waals surface area contributed by atoms with Crippen LogP contribution in [-0.2, 0) is 20.9 Å². The number of esters is 1. The molecule has 1 aromatic heterocycles. The Morgan fingerprint density at radius 3 is 2.50 bits per heavy atom. The average molecular weight is 390 g/mol. The van der Waals surface area contributed by atoms with Crippen molar-refractivity contribution in [2.24, 2.45) is 0 Å². The summed E-state index contributed by atoms with van der Waals surface area (Å²) in [6, 6.07) is 7.33. The molecule has 2 rings (SSSR count). The number of hydrogen-bond donors (Lipinski definition) is 2. The summed E-state index contributed by atoms with van der Waals surface area (Å²) in [5.41, 5.74) is 0.788. The SMILES string of the molecule is COc1ccc(CNC(=O)COC(=O)[C@H](C)NC(=O)c2ccco2)cc1OC. The van der Waals surface area contributed by atoms with E-state index in [-0.39, 0.29) is 12.3 Å². The van der Waals surface area contributed by atoms with Crippen LogP contribution in [0.15, 0.2) is 41.0 Å². The van der Waals surface area contributed by atoms with Crippen molar-refractivity contribution in [2.45, 2.75) is 19.5 Å². The van der Waals surface area contributed by atoms with Gasteiger partial charge in [-0.15, -0.1) is 0 Å². The highest BCUT2D eigenvalue weighted by Crippen LogP contribution is 2.27. The Bertz CT molecular complexity index is 818. The van der Waals surface area contributed by atoms with E-state index < -0.39 is 30.4 Å². The molecule has 0 spiro atoms. The van der Waals surface area contributed by atoms with Gasteiger partial charge in [0.25, 0.3) is 11.8 Å². The largest absolute Gasteiger partial charge is 0.493 e. The van der Waals surface area contributed by atoms with Crippen LogP contribution in [0, 0.1) is 0 Å². The fourth-order valence-corrected chi connectivity index (χ4v) is 2.24. The van der Waals surface area contributed by atoms with Gasteiger partial charge in [-0.25, -0.2) is 4.79 Å². The van der Waals surface area contributed by atoms with Gasteiger partial charge < -0.3 is 29.3 Å². The summed E-state index contributed by atoms with van der Waals surface area (Å²) in [4.78, 5) is 35.6. The maximum atomic E-state index is 11.9. The summed E-state index contributed by atoms with van der Waals surface area (Å²) < 4.78 is 20.2. The Kier molecular flexibility index (Phi) is 7.44. The first-order valence-corrected chi connectivity index (χ1v) is 8.43. The Balaban J connectivity index is 1.75. The maximum Gasteiger partial charge on any atom is 0.328 e. The summed E-state index contributed by atoms with van der Waals surface area (Å²) in [7, 11) is 3.05. The number of benzene rings is 1. The van der Waals surface area contributed by atoms with E-state index in [1.165, 1.54) is 33.5 Å². The highest BCUT2D eigenvalue weighted by molar-refractivity contribution is 5.94. The summed E-state index contributed by atoms with van der Waals surface area (Å²) in [5.74, 6) is -0.563. The number of rotatable bonds is 9. The van der Waals surface area contributed by atoms with Crippen LogP contribution in [0.25, 0.3) is 0 Å². The molecule has 1 heterocycles. The van der Waals surface area contributed by atoms with Crippen LogP contribution in [-0.4, -0.2) is 44.7 Å². The first-order valence-electron chi connectivity index (χ1n) is 8.43. The molecule has 0 saturated heterocycles. The van der Waals surface area contributed by atoms with E-state index in [2.05, 4.69) is 10.6 Å². The normalized spacial score (nSPS) is 11.2. The summed E-state index contributed by atoms with van der Waals surface area (Å²) in [5, 5.41) is 5.05. The van der Waals surface area contributed by atoms with Crippen molar-refractivity contribution in [3.05, 3.63) is 47.9 Å². The van der Waals surface area contributed by atoms with Gasteiger partial charge in [0.15, 0.2) is 23.9 Å². The lowest BCUT2D eigenvalue weighted by Gasteiger charge is -2.13. The standard InChI is InChI=1S/C19H22N2O7/c1-12(21-18(23)15-5-4-8-27-15)19(24)28-11-17(22)20-10-13-6-7-14(25-2)16(9-13)26-3/h4-9,12H,10-11H2,1-3H3,(H,20,22)(H,21,23)/t12-/m0/s1. The molecular formula is C19H22N2O7. The van der Waals surface area contributed by atoms with Crippen molar-refractivity contribution < 1.29 is 33.0 Å². The third kappa shape index (κ3) is 5.76. The second-order valence-electron chi connectivity index (χ2n) is 5.75. The van der Waals surface area contributed by atoms with Crippen LogP contribution in [0.4, 0.5) is 0 Å². The number of nitrogens with one attached hydrogen (secondary N) is 2. The molecule has 0 bridgehead atoms.